The number of hydrogen-bond donors (Lipinski definition) is 1. The van der Waals surface area contributed by atoms with Crippen LogP contribution in [0.25, 0.3) is 22.7 Å². The molecule has 2 aromatic carbocycles. The standard InChI is InChI=1S/C21H17ClN4O2S2/c1-12-3-8-16(13(2)9-12)17-10-29-20(23-17)24-18(27)11-30-21-26-25-19(28-21)14-4-6-15(22)7-5-14/h3-10H,11H2,1-2H3,(H,23,24,27). The summed E-state index contributed by atoms with van der Waals surface area (Å²) in [5.41, 5.74) is 5.04. The lowest BCUT2D eigenvalue weighted by molar-refractivity contribution is -0.113. The molecule has 0 aliphatic heterocycles. The normalized spacial score (nSPS) is 10.9. The number of amides is 1. The molecule has 1 amide bonds. The number of thiazole rings is 1. The molecule has 9 heteroatoms. The first-order chi connectivity index (χ1) is 14.5. The quantitative estimate of drug-likeness (QED) is 0.366. The van der Waals surface area contributed by atoms with Crippen LogP contribution in [0.1, 0.15) is 11.1 Å². The SMILES string of the molecule is Cc1ccc(-c2csc(NC(=O)CSc3nnc(-c4ccc(Cl)cc4)o3)n2)c(C)c1. The van der Waals surface area contributed by atoms with Crippen LogP contribution in [0.2, 0.25) is 5.02 Å². The van der Waals surface area contributed by atoms with Gasteiger partial charge in [-0.25, -0.2) is 4.98 Å². The van der Waals surface area contributed by atoms with Crippen LogP contribution in [0.4, 0.5) is 5.13 Å². The number of thioether (sulfide) groups is 1. The Labute approximate surface area is 186 Å². The summed E-state index contributed by atoms with van der Waals surface area (Å²) < 4.78 is 5.60. The topological polar surface area (TPSA) is 80.9 Å². The minimum atomic E-state index is -0.187. The molecule has 6 nitrogen and oxygen atoms in total. The van der Waals surface area contributed by atoms with Crippen molar-refractivity contribution < 1.29 is 9.21 Å². The Bertz CT molecular complexity index is 1190. The Morgan fingerprint density at radius 3 is 2.73 bits per heavy atom. The van der Waals surface area contributed by atoms with Crippen LogP contribution < -0.4 is 5.32 Å². The number of hydrogen-bond acceptors (Lipinski definition) is 7. The van der Waals surface area contributed by atoms with Crippen molar-refractivity contribution in [3.05, 3.63) is 64.0 Å². The molecule has 0 bridgehead atoms. The molecule has 0 fully saturated rings. The summed E-state index contributed by atoms with van der Waals surface area (Å²) >= 11 is 8.45. The Hall–Kier alpha value is -2.68. The molecule has 152 valence electrons. The van der Waals surface area contributed by atoms with Crippen molar-refractivity contribution in [2.24, 2.45) is 0 Å². The van der Waals surface area contributed by atoms with Crippen molar-refractivity contribution in [3.8, 4) is 22.7 Å². The van der Waals surface area contributed by atoms with Gasteiger partial charge >= 0.3 is 0 Å². The fourth-order valence-corrected chi connectivity index (χ4v) is 4.23. The van der Waals surface area contributed by atoms with Gasteiger partial charge in [-0.05, 0) is 43.7 Å². The van der Waals surface area contributed by atoms with Crippen LogP contribution in [0.5, 0.6) is 0 Å². The molecule has 30 heavy (non-hydrogen) atoms. The summed E-state index contributed by atoms with van der Waals surface area (Å²) in [5.74, 6) is 0.334. The van der Waals surface area contributed by atoms with Crippen molar-refractivity contribution in [2.45, 2.75) is 19.1 Å². The van der Waals surface area contributed by atoms with E-state index >= 15 is 0 Å². The molecule has 0 aliphatic rings. The summed E-state index contributed by atoms with van der Waals surface area (Å²) in [5, 5.41) is 14.3. The third-order valence-electron chi connectivity index (χ3n) is 4.23. The fourth-order valence-electron chi connectivity index (χ4n) is 2.82. The summed E-state index contributed by atoms with van der Waals surface area (Å²) in [6.07, 6.45) is 0. The van der Waals surface area contributed by atoms with E-state index in [2.05, 4.69) is 52.5 Å². The average Bonchev–Trinajstić information content (AvgIpc) is 3.37. The highest BCUT2D eigenvalue weighted by atomic mass is 35.5. The lowest BCUT2D eigenvalue weighted by atomic mass is 10.0. The van der Waals surface area contributed by atoms with Gasteiger partial charge < -0.3 is 9.73 Å². The maximum Gasteiger partial charge on any atom is 0.277 e. The van der Waals surface area contributed by atoms with E-state index in [9.17, 15) is 4.79 Å². The van der Waals surface area contributed by atoms with E-state index in [4.69, 9.17) is 16.0 Å². The zero-order valence-corrected chi connectivity index (χ0v) is 18.6. The summed E-state index contributed by atoms with van der Waals surface area (Å²) in [7, 11) is 0. The minimum absolute atomic E-state index is 0.140. The first-order valence-corrected chi connectivity index (χ1v) is 11.3. The number of aryl methyl sites for hydroxylation is 2. The number of benzene rings is 2. The van der Waals surface area contributed by atoms with Gasteiger partial charge in [0, 0.05) is 21.5 Å². The number of nitrogens with zero attached hydrogens (tertiary/aromatic N) is 3. The van der Waals surface area contributed by atoms with Crippen molar-refractivity contribution in [1.29, 1.82) is 0 Å². The minimum Gasteiger partial charge on any atom is -0.411 e. The third kappa shape index (κ3) is 4.89. The van der Waals surface area contributed by atoms with Gasteiger partial charge in [0.15, 0.2) is 5.13 Å². The van der Waals surface area contributed by atoms with E-state index in [0.717, 1.165) is 22.4 Å². The second kappa shape index (κ2) is 8.99. The number of carbonyl (C=O) groups is 1. The van der Waals surface area contributed by atoms with E-state index in [1.807, 2.05) is 5.38 Å². The lowest BCUT2D eigenvalue weighted by Crippen LogP contribution is -2.13. The second-order valence-corrected chi connectivity index (χ2v) is 8.79. The number of rotatable bonds is 6. The molecule has 0 atom stereocenters. The molecule has 0 unspecified atom stereocenters. The van der Waals surface area contributed by atoms with Crippen LogP contribution in [0.15, 0.2) is 57.5 Å². The van der Waals surface area contributed by atoms with Crippen LogP contribution >= 0.6 is 34.7 Å². The first-order valence-electron chi connectivity index (χ1n) is 9.03. The highest BCUT2D eigenvalue weighted by Crippen LogP contribution is 2.28. The molecule has 0 radical (unpaired) electrons. The molecule has 2 heterocycles. The van der Waals surface area contributed by atoms with Crippen molar-refractivity contribution in [3.63, 3.8) is 0 Å². The number of carbonyl (C=O) groups excluding carboxylic acids is 1. The zero-order valence-electron chi connectivity index (χ0n) is 16.2. The molecule has 2 aromatic heterocycles. The lowest BCUT2D eigenvalue weighted by Gasteiger charge is -2.03. The molecule has 4 rings (SSSR count). The van der Waals surface area contributed by atoms with Gasteiger partial charge in [0.05, 0.1) is 11.4 Å². The predicted octanol–water partition coefficient (Wildman–Crippen LogP) is 5.86. The maximum absolute atomic E-state index is 12.3. The van der Waals surface area contributed by atoms with Gasteiger partial charge in [-0.3, -0.25) is 4.79 Å². The van der Waals surface area contributed by atoms with Crippen LogP contribution in [-0.4, -0.2) is 26.8 Å². The van der Waals surface area contributed by atoms with Crippen molar-refractivity contribution >= 4 is 45.7 Å². The number of aromatic nitrogens is 3. The van der Waals surface area contributed by atoms with Crippen LogP contribution in [-0.2, 0) is 4.79 Å². The fraction of sp³-hybridized carbons (Fsp3) is 0.143. The Morgan fingerprint density at radius 2 is 1.97 bits per heavy atom. The molecular formula is C21H17ClN4O2S2. The van der Waals surface area contributed by atoms with Gasteiger partial charge in [0.2, 0.25) is 11.8 Å². The summed E-state index contributed by atoms with van der Waals surface area (Å²) in [4.78, 5) is 16.8. The van der Waals surface area contributed by atoms with Crippen LogP contribution in [0.3, 0.4) is 0 Å². The van der Waals surface area contributed by atoms with Gasteiger partial charge in [-0.2, -0.15) is 0 Å². The van der Waals surface area contributed by atoms with Gasteiger partial charge in [0.1, 0.15) is 0 Å². The summed E-state index contributed by atoms with van der Waals surface area (Å²) in [6, 6.07) is 13.3. The Kier molecular flexibility index (Phi) is 6.17. The smallest absolute Gasteiger partial charge is 0.277 e. The maximum atomic E-state index is 12.3. The molecule has 0 spiro atoms. The number of halogens is 1. The second-order valence-electron chi connectivity index (χ2n) is 6.57. The molecule has 4 aromatic rings. The molecule has 0 aliphatic carbocycles. The first kappa shape index (κ1) is 20.6. The van der Waals surface area contributed by atoms with Gasteiger partial charge in [0.25, 0.3) is 5.22 Å². The monoisotopic (exact) mass is 456 g/mol. The molecule has 0 saturated carbocycles. The Morgan fingerprint density at radius 1 is 1.17 bits per heavy atom. The van der Waals surface area contributed by atoms with Crippen LogP contribution in [0, 0.1) is 13.8 Å². The van der Waals surface area contributed by atoms with Crippen molar-refractivity contribution in [2.75, 3.05) is 11.1 Å². The molecule has 0 saturated heterocycles. The number of anilines is 1. The third-order valence-corrected chi connectivity index (χ3v) is 6.06. The predicted molar refractivity (Wildman–Crippen MR) is 121 cm³/mol. The van der Waals surface area contributed by atoms with E-state index in [-0.39, 0.29) is 11.7 Å². The van der Waals surface area contributed by atoms with E-state index in [1.165, 1.54) is 28.7 Å². The van der Waals surface area contributed by atoms with E-state index < -0.39 is 0 Å². The summed E-state index contributed by atoms with van der Waals surface area (Å²) in [6.45, 7) is 4.11. The van der Waals surface area contributed by atoms with E-state index in [0.29, 0.717) is 21.3 Å². The molecule has 1 N–H and O–H groups in total. The largest absolute Gasteiger partial charge is 0.411 e. The average molecular weight is 457 g/mol. The zero-order chi connectivity index (χ0) is 21.1. The Balaban J connectivity index is 1.34. The van der Waals surface area contributed by atoms with Crippen molar-refractivity contribution in [1.82, 2.24) is 15.2 Å². The molecular weight excluding hydrogens is 440 g/mol. The number of nitrogens with one attached hydrogen (secondary N) is 1. The van der Waals surface area contributed by atoms with Gasteiger partial charge in [-0.15, -0.1) is 21.5 Å². The highest BCUT2D eigenvalue weighted by Gasteiger charge is 2.13. The highest BCUT2D eigenvalue weighted by molar-refractivity contribution is 7.99. The van der Waals surface area contributed by atoms with E-state index in [1.54, 1.807) is 24.3 Å². The van der Waals surface area contributed by atoms with Gasteiger partial charge in [-0.1, -0.05) is 47.1 Å².